The molecule has 6 heteroatoms. The molecule has 2 heterocycles. The molecular weight excluding hydrogens is 280 g/mol. The van der Waals surface area contributed by atoms with Crippen LogP contribution in [0.1, 0.15) is 23.5 Å². The van der Waals surface area contributed by atoms with Gasteiger partial charge in [0.2, 0.25) is 5.91 Å². The predicted molar refractivity (Wildman–Crippen MR) is 82.4 cm³/mol. The normalized spacial score (nSPS) is 26.5. The van der Waals surface area contributed by atoms with Crippen LogP contribution in [0, 0.1) is 5.92 Å². The molecule has 22 heavy (non-hydrogen) atoms. The van der Waals surface area contributed by atoms with Gasteiger partial charge in [-0.2, -0.15) is 0 Å². The maximum atomic E-state index is 12.1. The Morgan fingerprint density at radius 1 is 1.32 bits per heavy atom. The number of fused-ring (bicyclic) bond motifs is 2. The van der Waals surface area contributed by atoms with Crippen LogP contribution in [0.25, 0.3) is 10.9 Å². The lowest BCUT2D eigenvalue weighted by molar-refractivity contribution is -0.124. The highest BCUT2D eigenvalue weighted by molar-refractivity contribution is 5.95. The number of aromatic amines is 1. The van der Waals surface area contributed by atoms with E-state index in [1.165, 1.54) is 16.5 Å². The van der Waals surface area contributed by atoms with Gasteiger partial charge in [0.25, 0.3) is 0 Å². The van der Waals surface area contributed by atoms with Crippen LogP contribution < -0.4 is 16.4 Å². The van der Waals surface area contributed by atoms with E-state index in [4.69, 9.17) is 5.73 Å². The lowest BCUT2D eigenvalue weighted by Crippen LogP contribution is -2.51. The predicted octanol–water partition coefficient (Wildman–Crippen LogP) is 0.981. The Balaban J connectivity index is 1.67. The topological polar surface area (TPSA) is 100 Å². The van der Waals surface area contributed by atoms with E-state index < -0.39 is 6.03 Å². The number of carbonyl (C=O) groups excluding carboxylic acids is 2. The molecule has 2 aliphatic rings. The molecule has 5 N–H and O–H groups in total. The summed E-state index contributed by atoms with van der Waals surface area (Å²) >= 11 is 0. The average molecular weight is 298 g/mol. The molecule has 0 radical (unpaired) electrons. The van der Waals surface area contributed by atoms with Crippen molar-refractivity contribution in [2.24, 2.45) is 11.7 Å². The van der Waals surface area contributed by atoms with Gasteiger partial charge in [-0.1, -0.05) is 12.1 Å². The van der Waals surface area contributed by atoms with Crippen LogP contribution in [0.3, 0.4) is 0 Å². The Hall–Kier alpha value is -2.34. The number of H-pyrrole nitrogens is 1. The van der Waals surface area contributed by atoms with Gasteiger partial charge in [0.1, 0.15) is 0 Å². The molecule has 1 aliphatic heterocycles. The zero-order chi connectivity index (χ0) is 15.3. The van der Waals surface area contributed by atoms with E-state index in [0.29, 0.717) is 12.6 Å². The van der Waals surface area contributed by atoms with E-state index in [1.54, 1.807) is 0 Å². The highest BCUT2D eigenvalue weighted by Gasteiger charge is 2.38. The maximum Gasteiger partial charge on any atom is 0.318 e. The van der Waals surface area contributed by atoms with Gasteiger partial charge in [-0.25, -0.2) is 4.79 Å². The van der Waals surface area contributed by atoms with Crippen LogP contribution in [0.15, 0.2) is 24.4 Å². The summed E-state index contributed by atoms with van der Waals surface area (Å²) in [5.74, 6) is -0.237. The smallest absolute Gasteiger partial charge is 0.318 e. The molecule has 4 rings (SSSR count). The number of primary amides is 1. The first-order valence-corrected chi connectivity index (χ1v) is 7.56. The maximum absolute atomic E-state index is 12.1. The second-order valence-electron chi connectivity index (χ2n) is 6.20. The lowest BCUT2D eigenvalue weighted by atomic mass is 9.73. The minimum atomic E-state index is -0.786. The van der Waals surface area contributed by atoms with E-state index in [-0.39, 0.29) is 17.7 Å². The van der Waals surface area contributed by atoms with Crippen molar-refractivity contribution < 1.29 is 9.59 Å². The quantitative estimate of drug-likeness (QED) is 0.631. The van der Waals surface area contributed by atoms with Crippen LogP contribution in [0.2, 0.25) is 0 Å². The number of urea groups is 1. The van der Waals surface area contributed by atoms with E-state index in [0.717, 1.165) is 18.4 Å². The molecule has 0 spiro atoms. The SMILES string of the molecule is NC(=O)NC(=O)C1CN[C@@H]2Cc3c[nH]c4cccc(c34)[C@H]2C1. The second-order valence-corrected chi connectivity index (χ2v) is 6.20. The van der Waals surface area contributed by atoms with Gasteiger partial charge in [-0.15, -0.1) is 0 Å². The van der Waals surface area contributed by atoms with E-state index in [1.807, 2.05) is 6.07 Å². The van der Waals surface area contributed by atoms with Crippen molar-refractivity contribution in [2.75, 3.05) is 6.54 Å². The fraction of sp³-hybridized carbons (Fsp3) is 0.375. The van der Waals surface area contributed by atoms with Crippen LogP contribution >= 0.6 is 0 Å². The molecule has 1 fully saturated rings. The Morgan fingerprint density at radius 2 is 2.18 bits per heavy atom. The van der Waals surface area contributed by atoms with Gasteiger partial charge in [0.05, 0.1) is 5.92 Å². The molecule has 1 unspecified atom stereocenters. The number of aromatic nitrogens is 1. The third-order valence-corrected chi connectivity index (χ3v) is 4.93. The molecule has 1 aromatic carbocycles. The number of carbonyl (C=O) groups is 2. The number of nitrogens with two attached hydrogens (primary N) is 1. The standard InChI is InChI=1S/C16H18N4O2/c17-16(22)20-15(21)9-4-11-10-2-1-3-12-14(10)8(6-18-12)5-13(11)19-7-9/h1-3,6,9,11,13,18-19H,4-5,7H2,(H3,17,20,21,22)/t9?,11-,13-/m1/s1. The summed E-state index contributed by atoms with van der Waals surface area (Å²) in [5.41, 5.74) is 8.81. The molecule has 1 aliphatic carbocycles. The summed E-state index contributed by atoms with van der Waals surface area (Å²) in [6.07, 6.45) is 3.78. The number of imide groups is 1. The van der Waals surface area contributed by atoms with Crippen LogP contribution in [0.4, 0.5) is 4.79 Å². The Bertz CT molecular complexity index is 767. The van der Waals surface area contributed by atoms with Crippen molar-refractivity contribution in [1.82, 2.24) is 15.6 Å². The largest absolute Gasteiger partial charge is 0.361 e. The van der Waals surface area contributed by atoms with E-state index in [9.17, 15) is 9.59 Å². The Labute approximate surface area is 127 Å². The number of rotatable bonds is 1. The molecule has 114 valence electrons. The Morgan fingerprint density at radius 3 is 3.00 bits per heavy atom. The number of hydrogen-bond donors (Lipinski definition) is 4. The zero-order valence-electron chi connectivity index (χ0n) is 12.1. The summed E-state index contributed by atoms with van der Waals surface area (Å²) in [6.45, 7) is 0.579. The van der Waals surface area contributed by atoms with Crippen molar-refractivity contribution in [3.63, 3.8) is 0 Å². The van der Waals surface area contributed by atoms with Crippen molar-refractivity contribution >= 4 is 22.8 Å². The highest BCUT2D eigenvalue weighted by atomic mass is 16.2. The van der Waals surface area contributed by atoms with Crippen molar-refractivity contribution in [3.05, 3.63) is 35.5 Å². The second kappa shape index (κ2) is 4.84. The van der Waals surface area contributed by atoms with Crippen LogP contribution in [-0.2, 0) is 11.2 Å². The Kier molecular flexibility index (Phi) is 2.94. The highest BCUT2D eigenvalue weighted by Crippen LogP contribution is 2.41. The van der Waals surface area contributed by atoms with Crippen LogP contribution in [0.5, 0.6) is 0 Å². The minimum absolute atomic E-state index is 0.232. The van der Waals surface area contributed by atoms with Gasteiger partial charge in [-0.3, -0.25) is 10.1 Å². The zero-order valence-corrected chi connectivity index (χ0v) is 12.1. The molecule has 0 saturated carbocycles. The molecule has 3 atom stereocenters. The van der Waals surface area contributed by atoms with Crippen molar-refractivity contribution in [3.8, 4) is 0 Å². The van der Waals surface area contributed by atoms with E-state index in [2.05, 4.69) is 33.9 Å². The monoisotopic (exact) mass is 298 g/mol. The van der Waals surface area contributed by atoms with Crippen molar-refractivity contribution in [1.29, 1.82) is 0 Å². The number of nitrogens with one attached hydrogen (secondary N) is 3. The number of hydrogen-bond acceptors (Lipinski definition) is 3. The molecule has 0 bridgehead atoms. The lowest BCUT2D eigenvalue weighted by Gasteiger charge is -2.39. The molecule has 1 aromatic heterocycles. The molecule has 2 aromatic rings. The third-order valence-electron chi connectivity index (χ3n) is 4.93. The fourth-order valence-corrected chi connectivity index (χ4v) is 3.96. The first kappa shape index (κ1) is 13.3. The van der Waals surface area contributed by atoms with Crippen LogP contribution in [-0.4, -0.2) is 29.5 Å². The number of amides is 3. The van der Waals surface area contributed by atoms with Gasteiger partial charge in [0, 0.05) is 35.6 Å². The fourth-order valence-electron chi connectivity index (χ4n) is 3.96. The molecule has 3 amide bonds. The van der Waals surface area contributed by atoms with Gasteiger partial charge in [0.15, 0.2) is 0 Å². The molecule has 1 saturated heterocycles. The van der Waals surface area contributed by atoms with E-state index >= 15 is 0 Å². The minimum Gasteiger partial charge on any atom is -0.361 e. The summed E-state index contributed by atoms with van der Waals surface area (Å²) in [7, 11) is 0. The number of piperidine rings is 1. The third kappa shape index (κ3) is 1.99. The summed E-state index contributed by atoms with van der Waals surface area (Å²) in [5, 5.41) is 6.97. The average Bonchev–Trinajstić information content (AvgIpc) is 2.91. The molecule has 6 nitrogen and oxygen atoms in total. The van der Waals surface area contributed by atoms with Gasteiger partial charge in [-0.05, 0) is 30.0 Å². The number of benzene rings is 1. The van der Waals surface area contributed by atoms with Gasteiger partial charge < -0.3 is 16.0 Å². The first-order chi connectivity index (χ1) is 10.6. The summed E-state index contributed by atoms with van der Waals surface area (Å²) in [6, 6.07) is 5.83. The summed E-state index contributed by atoms with van der Waals surface area (Å²) in [4.78, 5) is 26.3. The van der Waals surface area contributed by atoms with Gasteiger partial charge >= 0.3 is 6.03 Å². The molecular formula is C16H18N4O2. The first-order valence-electron chi connectivity index (χ1n) is 7.56. The van der Waals surface area contributed by atoms with Crippen molar-refractivity contribution in [2.45, 2.75) is 24.8 Å². The summed E-state index contributed by atoms with van der Waals surface area (Å²) < 4.78 is 0.